The second-order valence-electron chi connectivity index (χ2n) is 6.38. The van der Waals surface area contributed by atoms with Gasteiger partial charge >= 0.3 is 0 Å². The lowest BCUT2D eigenvalue weighted by molar-refractivity contribution is 0.242. The molecule has 8 heteroatoms. The van der Waals surface area contributed by atoms with Crippen LogP contribution in [0.3, 0.4) is 0 Å². The maximum Gasteiger partial charge on any atom is 0.246 e. The Kier molecular flexibility index (Phi) is 4.56. The Morgan fingerprint density at radius 2 is 2.15 bits per heavy atom. The second-order valence-corrected chi connectivity index (χ2v) is 9.07. The molecule has 0 radical (unpaired) electrons. The molecule has 0 fully saturated rings. The number of pyridine rings is 1. The first-order valence-corrected chi connectivity index (χ1v) is 11.1. The minimum Gasteiger partial charge on any atom is -0.294 e. The molecule has 0 atom stereocenters. The number of hydrogen-bond acceptors (Lipinski definition) is 7. The van der Waals surface area contributed by atoms with Crippen LogP contribution in [0.5, 0.6) is 0 Å². The monoisotopic (exact) mass is 386 g/mol. The zero-order valence-corrected chi connectivity index (χ0v) is 15.9. The number of fused-ring (bicyclic) bond motifs is 1. The molecule has 0 amide bonds. The van der Waals surface area contributed by atoms with E-state index in [-0.39, 0.29) is 5.16 Å². The fourth-order valence-corrected chi connectivity index (χ4v) is 4.30. The van der Waals surface area contributed by atoms with Crippen molar-refractivity contribution in [1.82, 2.24) is 19.9 Å². The first-order valence-electron chi connectivity index (χ1n) is 8.24. The Labute approximate surface area is 156 Å². The summed E-state index contributed by atoms with van der Waals surface area (Å²) < 4.78 is 23.3. The molecular formula is C18H18N4O2S2. The molecule has 0 spiro atoms. The van der Waals surface area contributed by atoms with Crippen LogP contribution >= 0.6 is 11.3 Å². The fourth-order valence-electron chi connectivity index (χ4n) is 3.14. The molecule has 3 aromatic rings. The first-order chi connectivity index (χ1) is 12.5. The van der Waals surface area contributed by atoms with Crippen molar-refractivity contribution < 1.29 is 8.42 Å². The summed E-state index contributed by atoms with van der Waals surface area (Å²) in [5.41, 5.74) is 5.17. The van der Waals surface area contributed by atoms with Crippen molar-refractivity contribution in [3.8, 4) is 11.3 Å². The van der Waals surface area contributed by atoms with Gasteiger partial charge in [0.2, 0.25) is 15.0 Å². The highest BCUT2D eigenvalue weighted by Gasteiger charge is 2.22. The van der Waals surface area contributed by atoms with Crippen molar-refractivity contribution in [2.24, 2.45) is 0 Å². The van der Waals surface area contributed by atoms with Gasteiger partial charge in [-0.15, -0.1) is 0 Å². The average molecular weight is 387 g/mol. The van der Waals surface area contributed by atoms with E-state index in [2.05, 4.69) is 42.7 Å². The lowest BCUT2D eigenvalue weighted by atomic mass is 10.0. The van der Waals surface area contributed by atoms with Crippen LogP contribution in [0, 0.1) is 0 Å². The van der Waals surface area contributed by atoms with Gasteiger partial charge in [-0.25, -0.2) is 18.4 Å². The number of thiophene rings is 1. The minimum atomic E-state index is -3.37. The first kappa shape index (κ1) is 17.3. The molecule has 1 aliphatic rings. The smallest absolute Gasteiger partial charge is 0.246 e. The second kappa shape index (κ2) is 6.86. The van der Waals surface area contributed by atoms with E-state index in [1.165, 1.54) is 5.56 Å². The summed E-state index contributed by atoms with van der Waals surface area (Å²) >= 11 is 1.66. The Hall–Kier alpha value is -2.16. The van der Waals surface area contributed by atoms with Crippen molar-refractivity contribution in [2.75, 3.05) is 12.8 Å². The molecule has 0 N–H and O–H groups in total. The van der Waals surface area contributed by atoms with Gasteiger partial charge in [0.15, 0.2) is 0 Å². The summed E-state index contributed by atoms with van der Waals surface area (Å²) in [4.78, 5) is 15.2. The maximum atomic E-state index is 11.6. The molecule has 0 aromatic carbocycles. The van der Waals surface area contributed by atoms with Gasteiger partial charge in [-0.05, 0) is 23.1 Å². The molecule has 6 nitrogen and oxygen atoms in total. The van der Waals surface area contributed by atoms with Crippen LogP contribution < -0.4 is 0 Å². The van der Waals surface area contributed by atoms with E-state index < -0.39 is 9.84 Å². The van der Waals surface area contributed by atoms with E-state index in [0.717, 1.165) is 41.9 Å². The quantitative estimate of drug-likeness (QED) is 0.642. The summed E-state index contributed by atoms with van der Waals surface area (Å²) in [6.07, 6.45) is 5.32. The van der Waals surface area contributed by atoms with Crippen molar-refractivity contribution in [3.63, 3.8) is 0 Å². The average Bonchev–Trinajstić information content (AvgIpc) is 3.15. The summed E-state index contributed by atoms with van der Waals surface area (Å²) in [6.45, 7) is 2.31. The number of nitrogens with zero attached hydrogens (tertiary/aromatic N) is 4. The SMILES string of the molecule is CS(=O)(=O)c1ncc2c(n1)CCN(Cc1cccnc1-c1ccsc1)C2. The Balaban J connectivity index is 1.56. The van der Waals surface area contributed by atoms with Gasteiger partial charge in [0.05, 0.1) is 11.4 Å². The van der Waals surface area contributed by atoms with E-state index in [1.54, 1.807) is 17.5 Å². The third-order valence-electron chi connectivity index (χ3n) is 4.40. The van der Waals surface area contributed by atoms with Gasteiger partial charge in [0, 0.05) is 61.2 Å². The normalized spacial score (nSPS) is 15.0. The molecule has 26 heavy (non-hydrogen) atoms. The van der Waals surface area contributed by atoms with Crippen LogP contribution in [0.15, 0.2) is 46.5 Å². The summed E-state index contributed by atoms with van der Waals surface area (Å²) in [6, 6.07) is 6.16. The van der Waals surface area contributed by atoms with Crippen molar-refractivity contribution >= 4 is 21.2 Å². The molecule has 134 valence electrons. The summed E-state index contributed by atoms with van der Waals surface area (Å²) in [5, 5.41) is 4.08. The van der Waals surface area contributed by atoms with Gasteiger partial charge in [-0.2, -0.15) is 11.3 Å². The number of aromatic nitrogens is 3. The van der Waals surface area contributed by atoms with Crippen molar-refractivity contribution in [3.05, 3.63) is 58.2 Å². The standard InChI is InChI=1S/C18H18N4O2S2/c1-26(23,24)18-20-9-15-11-22(7-4-16(15)21-18)10-13-3-2-6-19-17(13)14-5-8-25-12-14/h2-3,5-6,8-9,12H,4,7,10-11H2,1H3. The van der Waals surface area contributed by atoms with Crippen LogP contribution in [0.1, 0.15) is 16.8 Å². The molecule has 1 aliphatic heterocycles. The third-order valence-corrected chi connectivity index (χ3v) is 5.95. The third kappa shape index (κ3) is 3.53. The van der Waals surface area contributed by atoms with Crippen molar-refractivity contribution in [1.29, 1.82) is 0 Å². The predicted molar refractivity (Wildman–Crippen MR) is 101 cm³/mol. The Morgan fingerprint density at radius 1 is 1.27 bits per heavy atom. The molecule has 4 rings (SSSR count). The Bertz CT molecular complexity index is 1030. The molecule has 4 heterocycles. The van der Waals surface area contributed by atoms with E-state index in [1.807, 2.05) is 12.3 Å². The molecular weight excluding hydrogens is 368 g/mol. The minimum absolute atomic E-state index is 0.0864. The summed E-state index contributed by atoms with van der Waals surface area (Å²) in [7, 11) is -3.37. The molecule has 0 saturated heterocycles. The zero-order chi connectivity index (χ0) is 18.1. The largest absolute Gasteiger partial charge is 0.294 e. The predicted octanol–water partition coefficient (Wildman–Crippen LogP) is 2.56. The van der Waals surface area contributed by atoms with Crippen molar-refractivity contribution in [2.45, 2.75) is 24.7 Å². The Morgan fingerprint density at radius 3 is 2.92 bits per heavy atom. The molecule has 0 aliphatic carbocycles. The van der Waals surface area contributed by atoms with E-state index in [4.69, 9.17) is 0 Å². The van der Waals surface area contributed by atoms with Crippen LogP contribution in [-0.2, 0) is 29.3 Å². The summed E-state index contributed by atoms with van der Waals surface area (Å²) in [5.74, 6) is 0. The molecule has 0 bridgehead atoms. The zero-order valence-electron chi connectivity index (χ0n) is 14.3. The number of rotatable bonds is 4. The van der Waals surface area contributed by atoms with E-state index in [9.17, 15) is 8.42 Å². The number of hydrogen-bond donors (Lipinski definition) is 0. The highest BCUT2D eigenvalue weighted by molar-refractivity contribution is 7.90. The van der Waals surface area contributed by atoms with Crippen LogP contribution in [0.25, 0.3) is 11.3 Å². The topological polar surface area (TPSA) is 76.1 Å². The highest BCUT2D eigenvalue weighted by Crippen LogP contribution is 2.26. The van der Waals surface area contributed by atoms with E-state index in [0.29, 0.717) is 13.0 Å². The van der Waals surface area contributed by atoms with Gasteiger partial charge in [0.1, 0.15) is 0 Å². The fraction of sp³-hybridized carbons (Fsp3) is 0.278. The van der Waals surface area contributed by atoms with Crippen LogP contribution in [-0.4, -0.2) is 41.1 Å². The highest BCUT2D eigenvalue weighted by atomic mass is 32.2. The lowest BCUT2D eigenvalue weighted by Crippen LogP contribution is -2.31. The molecule has 0 saturated carbocycles. The van der Waals surface area contributed by atoms with Crippen LogP contribution in [0.2, 0.25) is 0 Å². The molecule has 3 aromatic heterocycles. The van der Waals surface area contributed by atoms with E-state index >= 15 is 0 Å². The van der Waals surface area contributed by atoms with Crippen LogP contribution in [0.4, 0.5) is 0 Å². The van der Waals surface area contributed by atoms with Gasteiger partial charge in [-0.3, -0.25) is 9.88 Å². The lowest BCUT2D eigenvalue weighted by Gasteiger charge is -2.28. The van der Waals surface area contributed by atoms with Gasteiger partial charge in [0.25, 0.3) is 0 Å². The maximum absolute atomic E-state index is 11.6. The van der Waals surface area contributed by atoms with Gasteiger partial charge in [-0.1, -0.05) is 6.07 Å². The molecule has 0 unspecified atom stereocenters. The van der Waals surface area contributed by atoms with Gasteiger partial charge < -0.3 is 0 Å². The number of sulfone groups is 1.